The number of hydrogen-bond acceptors (Lipinski definition) is 2. The molecular weight excluding hydrogens is 236 g/mol. The first kappa shape index (κ1) is 11.8. The summed E-state index contributed by atoms with van der Waals surface area (Å²) in [4.78, 5) is 0. The maximum Gasteiger partial charge on any atom is 0.120 e. The first-order valence-corrected chi connectivity index (χ1v) is 5.70. The zero-order valence-electron chi connectivity index (χ0n) is 9.48. The summed E-state index contributed by atoms with van der Waals surface area (Å²) in [5.74, 6) is 0.975. The number of hydrogen-bond donors (Lipinski definition) is 1. The van der Waals surface area contributed by atoms with Crippen LogP contribution >= 0.6 is 11.6 Å². The van der Waals surface area contributed by atoms with Crippen molar-refractivity contribution in [2.45, 2.75) is 13.5 Å². The van der Waals surface area contributed by atoms with Crippen molar-refractivity contribution in [2.24, 2.45) is 0 Å². The first-order valence-electron chi connectivity index (χ1n) is 5.32. The normalized spacial score (nSPS) is 10.2. The highest BCUT2D eigenvalue weighted by Gasteiger charge is 2.02. The van der Waals surface area contributed by atoms with Crippen LogP contribution in [0.5, 0.6) is 11.5 Å². The fourth-order valence-corrected chi connectivity index (χ4v) is 1.75. The summed E-state index contributed by atoms with van der Waals surface area (Å²) in [5, 5.41) is 9.75. The highest BCUT2D eigenvalue weighted by Crippen LogP contribution is 2.23. The topological polar surface area (TPSA) is 29.5 Å². The molecule has 0 heterocycles. The number of ether oxygens (including phenoxy) is 1. The van der Waals surface area contributed by atoms with Crippen LogP contribution in [-0.2, 0) is 6.61 Å². The van der Waals surface area contributed by atoms with Gasteiger partial charge in [-0.05, 0) is 36.8 Å². The molecule has 0 aliphatic carbocycles. The number of phenols is 1. The summed E-state index contributed by atoms with van der Waals surface area (Å²) < 4.78 is 5.63. The molecule has 0 aliphatic heterocycles. The zero-order chi connectivity index (χ0) is 12.3. The van der Waals surface area contributed by atoms with E-state index >= 15 is 0 Å². The summed E-state index contributed by atoms with van der Waals surface area (Å²) in [6.45, 7) is 2.41. The average Bonchev–Trinajstić information content (AvgIpc) is 2.28. The Morgan fingerprint density at radius 1 is 1.18 bits per heavy atom. The van der Waals surface area contributed by atoms with Crippen molar-refractivity contribution in [3.8, 4) is 11.5 Å². The van der Waals surface area contributed by atoms with Crippen LogP contribution in [0.2, 0.25) is 5.02 Å². The molecule has 3 heteroatoms. The average molecular weight is 249 g/mol. The molecule has 2 rings (SSSR count). The number of rotatable bonds is 3. The Morgan fingerprint density at radius 3 is 2.71 bits per heavy atom. The van der Waals surface area contributed by atoms with E-state index in [1.807, 2.05) is 31.2 Å². The molecule has 2 nitrogen and oxygen atoms in total. The summed E-state index contributed by atoms with van der Waals surface area (Å²) in [6.07, 6.45) is 0. The van der Waals surface area contributed by atoms with Crippen LogP contribution < -0.4 is 4.74 Å². The predicted octanol–water partition coefficient (Wildman–Crippen LogP) is 3.93. The Balaban J connectivity index is 2.07. The van der Waals surface area contributed by atoms with Crippen molar-refractivity contribution in [3.63, 3.8) is 0 Å². The molecule has 0 saturated heterocycles. The van der Waals surface area contributed by atoms with Crippen LogP contribution in [0.15, 0.2) is 42.5 Å². The van der Waals surface area contributed by atoms with Crippen LogP contribution in [0.25, 0.3) is 0 Å². The molecule has 0 aliphatic rings. The number of aromatic hydroxyl groups is 1. The van der Waals surface area contributed by atoms with Gasteiger partial charge in [-0.1, -0.05) is 29.8 Å². The van der Waals surface area contributed by atoms with Crippen LogP contribution in [-0.4, -0.2) is 5.11 Å². The van der Waals surface area contributed by atoms with E-state index in [2.05, 4.69) is 0 Å². The molecule has 0 aromatic heterocycles. The summed E-state index contributed by atoms with van der Waals surface area (Å²) >= 11 is 5.99. The van der Waals surface area contributed by atoms with Gasteiger partial charge in [0.1, 0.15) is 18.1 Å². The summed E-state index contributed by atoms with van der Waals surface area (Å²) in [7, 11) is 0. The molecule has 2 aromatic rings. The maximum absolute atomic E-state index is 9.23. The van der Waals surface area contributed by atoms with E-state index in [1.165, 1.54) is 6.07 Å². The highest BCUT2D eigenvalue weighted by molar-refractivity contribution is 6.31. The van der Waals surface area contributed by atoms with E-state index in [0.717, 1.165) is 16.9 Å². The van der Waals surface area contributed by atoms with Crippen molar-refractivity contribution in [1.82, 2.24) is 0 Å². The monoisotopic (exact) mass is 248 g/mol. The number of aryl methyl sites for hydroxylation is 1. The predicted molar refractivity (Wildman–Crippen MR) is 68.6 cm³/mol. The van der Waals surface area contributed by atoms with E-state index in [4.69, 9.17) is 16.3 Å². The van der Waals surface area contributed by atoms with E-state index in [0.29, 0.717) is 11.6 Å². The minimum atomic E-state index is 0.161. The Morgan fingerprint density at radius 2 is 2.00 bits per heavy atom. The second kappa shape index (κ2) is 5.11. The molecule has 0 saturated carbocycles. The molecule has 1 N–H and O–H groups in total. The largest absolute Gasteiger partial charge is 0.508 e. The van der Waals surface area contributed by atoms with Crippen molar-refractivity contribution >= 4 is 11.6 Å². The molecule has 0 atom stereocenters. The Kier molecular flexibility index (Phi) is 3.55. The highest BCUT2D eigenvalue weighted by atomic mass is 35.5. The lowest BCUT2D eigenvalue weighted by atomic mass is 10.2. The minimum Gasteiger partial charge on any atom is -0.508 e. The second-order valence-corrected chi connectivity index (χ2v) is 4.29. The molecule has 0 unspecified atom stereocenters. The fraction of sp³-hybridized carbons (Fsp3) is 0.143. The van der Waals surface area contributed by atoms with Crippen LogP contribution in [0, 0.1) is 6.92 Å². The van der Waals surface area contributed by atoms with Gasteiger partial charge in [-0.15, -0.1) is 0 Å². The number of benzene rings is 2. The lowest BCUT2D eigenvalue weighted by Gasteiger charge is -2.08. The SMILES string of the molecule is Cc1cccc(OCc2ccc(O)cc2Cl)c1. The zero-order valence-corrected chi connectivity index (χ0v) is 10.2. The van der Waals surface area contributed by atoms with Gasteiger partial charge in [0, 0.05) is 5.56 Å². The Bertz CT molecular complexity index is 523. The molecule has 88 valence electrons. The Labute approximate surface area is 105 Å². The third kappa shape index (κ3) is 3.14. The van der Waals surface area contributed by atoms with Gasteiger partial charge in [-0.25, -0.2) is 0 Å². The fourth-order valence-electron chi connectivity index (χ4n) is 1.52. The van der Waals surface area contributed by atoms with Crippen molar-refractivity contribution in [1.29, 1.82) is 0 Å². The molecule has 17 heavy (non-hydrogen) atoms. The third-order valence-electron chi connectivity index (χ3n) is 2.42. The molecular formula is C14H13ClO2. The van der Waals surface area contributed by atoms with E-state index in [-0.39, 0.29) is 5.75 Å². The van der Waals surface area contributed by atoms with Gasteiger partial charge < -0.3 is 9.84 Å². The van der Waals surface area contributed by atoms with E-state index in [1.54, 1.807) is 12.1 Å². The molecule has 2 aromatic carbocycles. The molecule has 0 amide bonds. The molecule has 0 fully saturated rings. The minimum absolute atomic E-state index is 0.161. The molecule has 0 bridgehead atoms. The van der Waals surface area contributed by atoms with Gasteiger partial charge >= 0.3 is 0 Å². The van der Waals surface area contributed by atoms with Crippen LogP contribution in [0.3, 0.4) is 0 Å². The smallest absolute Gasteiger partial charge is 0.120 e. The van der Waals surface area contributed by atoms with E-state index in [9.17, 15) is 5.11 Å². The lowest BCUT2D eigenvalue weighted by molar-refractivity contribution is 0.306. The maximum atomic E-state index is 9.23. The van der Waals surface area contributed by atoms with Crippen molar-refractivity contribution in [3.05, 3.63) is 58.6 Å². The summed E-state index contributed by atoms with van der Waals surface area (Å²) in [5.41, 5.74) is 2.00. The summed E-state index contributed by atoms with van der Waals surface area (Å²) in [6, 6.07) is 12.7. The lowest BCUT2D eigenvalue weighted by Crippen LogP contribution is -1.96. The van der Waals surface area contributed by atoms with Gasteiger partial charge in [0.05, 0.1) is 5.02 Å². The van der Waals surface area contributed by atoms with Gasteiger partial charge in [0.2, 0.25) is 0 Å². The Hall–Kier alpha value is -1.67. The van der Waals surface area contributed by atoms with E-state index < -0.39 is 0 Å². The number of phenolic OH excluding ortho intramolecular Hbond substituents is 1. The second-order valence-electron chi connectivity index (χ2n) is 3.88. The van der Waals surface area contributed by atoms with Crippen molar-refractivity contribution in [2.75, 3.05) is 0 Å². The van der Waals surface area contributed by atoms with Gasteiger partial charge in [-0.2, -0.15) is 0 Å². The van der Waals surface area contributed by atoms with Gasteiger partial charge in [-0.3, -0.25) is 0 Å². The molecule has 0 spiro atoms. The van der Waals surface area contributed by atoms with Gasteiger partial charge in [0.15, 0.2) is 0 Å². The first-order chi connectivity index (χ1) is 8.15. The third-order valence-corrected chi connectivity index (χ3v) is 2.77. The van der Waals surface area contributed by atoms with Gasteiger partial charge in [0.25, 0.3) is 0 Å². The quantitative estimate of drug-likeness (QED) is 0.892. The van der Waals surface area contributed by atoms with Crippen molar-refractivity contribution < 1.29 is 9.84 Å². The van der Waals surface area contributed by atoms with Crippen LogP contribution in [0.4, 0.5) is 0 Å². The van der Waals surface area contributed by atoms with Crippen LogP contribution in [0.1, 0.15) is 11.1 Å². The number of halogens is 1. The molecule has 0 radical (unpaired) electrons. The standard InChI is InChI=1S/C14H13ClO2/c1-10-3-2-4-13(7-10)17-9-11-5-6-12(16)8-14(11)15/h2-8,16H,9H2,1H3.